The summed E-state index contributed by atoms with van der Waals surface area (Å²) in [5.74, 6) is 0.187. The van der Waals surface area contributed by atoms with Crippen molar-refractivity contribution in [3.8, 4) is 0 Å². The molecule has 1 N–H and O–H groups in total. The van der Waals surface area contributed by atoms with Crippen molar-refractivity contribution in [3.63, 3.8) is 0 Å². The summed E-state index contributed by atoms with van der Waals surface area (Å²) in [4.78, 5) is 1.97. The van der Waals surface area contributed by atoms with E-state index in [9.17, 15) is 9.50 Å². The Balaban J connectivity index is 2.12. The Morgan fingerprint density at radius 1 is 1.21 bits per heavy atom. The van der Waals surface area contributed by atoms with Crippen molar-refractivity contribution in [3.05, 3.63) is 57.2 Å². The predicted molar refractivity (Wildman–Crippen MR) is 74.0 cm³/mol. The first-order valence-corrected chi connectivity index (χ1v) is 6.81. The molecule has 3 rings (SSSR count). The third kappa shape index (κ3) is 2.07. The number of aliphatic hydroxyl groups is 1. The van der Waals surface area contributed by atoms with Crippen molar-refractivity contribution in [2.45, 2.75) is 20.0 Å². The highest BCUT2D eigenvalue weighted by molar-refractivity contribution is 7.12. The van der Waals surface area contributed by atoms with Gasteiger partial charge in [-0.2, -0.15) is 0 Å². The van der Waals surface area contributed by atoms with Crippen LogP contribution in [0.3, 0.4) is 0 Å². The smallest absolute Gasteiger partial charge is 0.146 e. The fraction of sp³-hybridized carbons (Fsp3) is 0.200. The second-order valence-corrected chi connectivity index (χ2v) is 5.90. The van der Waals surface area contributed by atoms with Crippen molar-refractivity contribution in [2.75, 3.05) is 0 Å². The summed E-state index contributed by atoms with van der Waals surface area (Å²) in [6, 6.07) is 8.23. The SMILES string of the molecule is Cc1ccc(C(O)c2oc3ccc(F)cc3c2C)s1. The molecule has 2 heterocycles. The van der Waals surface area contributed by atoms with Crippen LogP contribution in [0, 0.1) is 19.7 Å². The molecule has 4 heteroatoms. The van der Waals surface area contributed by atoms with Crippen LogP contribution < -0.4 is 0 Å². The Hall–Kier alpha value is -1.65. The van der Waals surface area contributed by atoms with Crippen LogP contribution in [0.25, 0.3) is 11.0 Å². The van der Waals surface area contributed by atoms with Gasteiger partial charge in [-0.15, -0.1) is 11.3 Å². The van der Waals surface area contributed by atoms with Crippen LogP contribution in [-0.2, 0) is 0 Å². The molecule has 1 atom stereocenters. The molecule has 98 valence electrons. The van der Waals surface area contributed by atoms with E-state index in [4.69, 9.17) is 4.42 Å². The number of hydrogen-bond donors (Lipinski definition) is 1. The van der Waals surface area contributed by atoms with Crippen LogP contribution in [-0.4, -0.2) is 5.11 Å². The van der Waals surface area contributed by atoms with Gasteiger partial charge in [-0.05, 0) is 44.2 Å². The summed E-state index contributed by atoms with van der Waals surface area (Å²) < 4.78 is 18.9. The lowest BCUT2D eigenvalue weighted by Crippen LogP contribution is -1.96. The van der Waals surface area contributed by atoms with E-state index < -0.39 is 6.10 Å². The third-order valence-corrected chi connectivity index (χ3v) is 4.27. The van der Waals surface area contributed by atoms with E-state index in [1.807, 2.05) is 26.0 Å². The largest absolute Gasteiger partial charge is 0.458 e. The van der Waals surface area contributed by atoms with Crippen molar-refractivity contribution >= 4 is 22.3 Å². The zero-order chi connectivity index (χ0) is 13.6. The number of benzene rings is 1. The lowest BCUT2D eigenvalue weighted by molar-refractivity contribution is 0.195. The van der Waals surface area contributed by atoms with Crippen LogP contribution in [0.15, 0.2) is 34.7 Å². The number of aryl methyl sites for hydroxylation is 2. The van der Waals surface area contributed by atoms with Gasteiger partial charge in [0.1, 0.15) is 23.3 Å². The average molecular weight is 276 g/mol. The number of hydrogen-bond acceptors (Lipinski definition) is 3. The summed E-state index contributed by atoms with van der Waals surface area (Å²) >= 11 is 1.53. The number of thiophene rings is 1. The standard InChI is InChI=1S/C15H13FO2S/c1-8-3-6-13(19-8)14(17)15-9(2)11-7-10(16)4-5-12(11)18-15/h3-7,14,17H,1-2H3. The molecule has 1 unspecified atom stereocenters. The molecule has 0 radical (unpaired) electrons. The highest BCUT2D eigenvalue weighted by Crippen LogP contribution is 2.35. The van der Waals surface area contributed by atoms with Gasteiger partial charge in [0.05, 0.1) is 0 Å². The molecule has 2 nitrogen and oxygen atoms in total. The highest BCUT2D eigenvalue weighted by Gasteiger charge is 2.21. The maximum absolute atomic E-state index is 13.3. The Morgan fingerprint density at radius 3 is 2.68 bits per heavy atom. The first kappa shape index (κ1) is 12.4. The van der Waals surface area contributed by atoms with E-state index in [-0.39, 0.29) is 5.82 Å². The Morgan fingerprint density at radius 2 is 2.00 bits per heavy atom. The first-order chi connectivity index (χ1) is 9.06. The zero-order valence-electron chi connectivity index (χ0n) is 10.6. The van der Waals surface area contributed by atoms with Crippen LogP contribution in [0.2, 0.25) is 0 Å². The lowest BCUT2D eigenvalue weighted by atomic mass is 10.1. The minimum atomic E-state index is -0.797. The van der Waals surface area contributed by atoms with Gasteiger partial charge in [-0.1, -0.05) is 0 Å². The van der Waals surface area contributed by atoms with Crippen molar-refractivity contribution in [1.29, 1.82) is 0 Å². The van der Waals surface area contributed by atoms with Gasteiger partial charge < -0.3 is 9.52 Å². The summed E-state index contributed by atoms with van der Waals surface area (Å²) in [5.41, 5.74) is 1.38. The van der Waals surface area contributed by atoms with Gasteiger partial charge in [-0.25, -0.2) is 4.39 Å². The molecule has 0 aliphatic rings. The zero-order valence-corrected chi connectivity index (χ0v) is 11.4. The van der Waals surface area contributed by atoms with Crippen molar-refractivity contribution < 1.29 is 13.9 Å². The molecular formula is C15H13FO2S. The van der Waals surface area contributed by atoms with E-state index >= 15 is 0 Å². The maximum Gasteiger partial charge on any atom is 0.146 e. The van der Waals surface area contributed by atoms with Gasteiger partial charge in [0, 0.05) is 20.7 Å². The van der Waals surface area contributed by atoms with Gasteiger partial charge in [-0.3, -0.25) is 0 Å². The molecule has 0 bridgehead atoms. The molecule has 0 fully saturated rings. The molecule has 0 saturated heterocycles. The fourth-order valence-corrected chi connectivity index (χ4v) is 3.07. The lowest BCUT2D eigenvalue weighted by Gasteiger charge is -2.05. The normalized spacial score (nSPS) is 13.1. The molecule has 0 saturated carbocycles. The van der Waals surface area contributed by atoms with Gasteiger partial charge >= 0.3 is 0 Å². The molecule has 2 aromatic heterocycles. The van der Waals surface area contributed by atoms with E-state index in [1.54, 1.807) is 6.07 Å². The minimum Gasteiger partial charge on any atom is -0.458 e. The molecule has 0 aliphatic heterocycles. The topological polar surface area (TPSA) is 33.4 Å². The number of fused-ring (bicyclic) bond motifs is 1. The van der Waals surface area contributed by atoms with E-state index in [1.165, 1.54) is 23.5 Å². The highest BCUT2D eigenvalue weighted by atomic mass is 32.1. The van der Waals surface area contributed by atoms with Crippen LogP contribution in [0.4, 0.5) is 4.39 Å². The quantitative estimate of drug-likeness (QED) is 0.755. The van der Waals surface area contributed by atoms with E-state index in [2.05, 4.69) is 0 Å². The molecule has 0 aliphatic carbocycles. The number of aliphatic hydroxyl groups excluding tert-OH is 1. The van der Waals surface area contributed by atoms with E-state index in [0.29, 0.717) is 16.7 Å². The van der Waals surface area contributed by atoms with Crippen molar-refractivity contribution in [1.82, 2.24) is 0 Å². The van der Waals surface area contributed by atoms with Gasteiger partial charge in [0.2, 0.25) is 0 Å². The summed E-state index contributed by atoms with van der Waals surface area (Å²) in [7, 11) is 0. The Bertz CT molecular complexity index is 742. The molecular weight excluding hydrogens is 263 g/mol. The number of halogens is 1. The van der Waals surface area contributed by atoms with Crippen LogP contribution >= 0.6 is 11.3 Å². The molecule has 3 aromatic rings. The summed E-state index contributed by atoms with van der Waals surface area (Å²) in [6.07, 6.45) is -0.797. The fourth-order valence-electron chi connectivity index (χ4n) is 2.20. The second kappa shape index (κ2) is 4.47. The van der Waals surface area contributed by atoms with Crippen LogP contribution in [0.5, 0.6) is 0 Å². The number of furan rings is 1. The maximum atomic E-state index is 13.3. The minimum absolute atomic E-state index is 0.301. The van der Waals surface area contributed by atoms with Crippen molar-refractivity contribution in [2.24, 2.45) is 0 Å². The van der Waals surface area contributed by atoms with E-state index in [0.717, 1.165) is 15.3 Å². The second-order valence-electron chi connectivity index (χ2n) is 4.58. The van der Waals surface area contributed by atoms with Gasteiger partial charge in [0.25, 0.3) is 0 Å². The average Bonchev–Trinajstić information content (AvgIpc) is 2.94. The molecule has 0 amide bonds. The third-order valence-electron chi connectivity index (χ3n) is 3.21. The first-order valence-electron chi connectivity index (χ1n) is 5.99. The van der Waals surface area contributed by atoms with Crippen LogP contribution in [0.1, 0.15) is 27.2 Å². The Kier molecular flexibility index (Phi) is 2.92. The Labute approximate surface area is 114 Å². The summed E-state index contributed by atoms with van der Waals surface area (Å²) in [6.45, 7) is 3.83. The van der Waals surface area contributed by atoms with Gasteiger partial charge in [0.15, 0.2) is 0 Å². The predicted octanol–water partition coefficient (Wildman–Crippen LogP) is 4.33. The summed E-state index contributed by atoms with van der Waals surface area (Å²) in [5, 5.41) is 11.1. The monoisotopic (exact) mass is 276 g/mol. The number of rotatable bonds is 2. The molecule has 1 aromatic carbocycles. The molecule has 0 spiro atoms. The molecule has 19 heavy (non-hydrogen) atoms.